The number of likely N-dealkylation sites (N-methyl/N-ethyl adjacent to an activating group) is 1. The number of carbonyl (C=O) groups excluding carboxylic acids is 1. The molecule has 2 heterocycles. The summed E-state index contributed by atoms with van der Waals surface area (Å²) in [5.41, 5.74) is 9.79. The lowest BCUT2D eigenvalue weighted by Gasteiger charge is -2.26. The second-order valence-corrected chi connectivity index (χ2v) is 10.3. The number of fused-ring (bicyclic) bond motifs is 3. The topological polar surface area (TPSA) is 127 Å². The number of hydrogen-bond donors (Lipinski definition) is 2. The molecule has 0 bridgehead atoms. The highest BCUT2D eigenvalue weighted by Crippen LogP contribution is 2.29. The number of nitrogens with two attached hydrogens (primary N) is 1. The number of ether oxygens (including phenoxy) is 1. The van der Waals surface area contributed by atoms with E-state index in [0.29, 0.717) is 37.7 Å². The fourth-order valence-electron chi connectivity index (χ4n) is 4.92. The van der Waals surface area contributed by atoms with E-state index in [0.717, 1.165) is 65.6 Å². The van der Waals surface area contributed by atoms with Crippen molar-refractivity contribution in [3.8, 4) is 5.75 Å². The molecule has 4 aromatic rings. The molecule has 0 spiro atoms. The van der Waals surface area contributed by atoms with Gasteiger partial charge >= 0.3 is 5.97 Å². The first kappa shape index (κ1) is 29.8. The van der Waals surface area contributed by atoms with Gasteiger partial charge in [0.1, 0.15) is 17.1 Å². The van der Waals surface area contributed by atoms with Crippen molar-refractivity contribution in [1.82, 2.24) is 24.3 Å². The summed E-state index contributed by atoms with van der Waals surface area (Å²) >= 11 is 0. The minimum absolute atomic E-state index is 0.0341. The number of imidazole rings is 1. The van der Waals surface area contributed by atoms with Gasteiger partial charge in [-0.1, -0.05) is 50.6 Å². The Balaban J connectivity index is 1.59. The Morgan fingerprint density at radius 2 is 1.88 bits per heavy atom. The molecule has 0 atom stereocenters. The van der Waals surface area contributed by atoms with Gasteiger partial charge in [0.25, 0.3) is 0 Å². The van der Waals surface area contributed by atoms with Crippen LogP contribution in [0, 0.1) is 0 Å². The average molecular weight is 561 g/mol. The zero-order chi connectivity index (χ0) is 29.4. The SMILES string of the molecule is CCCCc1nc2c(N)nc3ccccc3c2n1CCCN(Cc1cccc(OCC(=O)O)c1)C(=O)CN(C)CC. The van der Waals surface area contributed by atoms with Gasteiger partial charge in [0.05, 0.1) is 17.6 Å². The molecule has 0 aliphatic heterocycles. The quantitative estimate of drug-likeness (QED) is 0.220. The third-order valence-corrected chi connectivity index (χ3v) is 7.18. The Kier molecular flexibility index (Phi) is 10.1. The summed E-state index contributed by atoms with van der Waals surface area (Å²) in [6, 6.07) is 15.2. The van der Waals surface area contributed by atoms with Crippen molar-refractivity contribution in [2.75, 3.05) is 39.0 Å². The molecule has 3 N–H and O–H groups in total. The number of carboxylic acid groups (broad SMARTS) is 1. The van der Waals surface area contributed by atoms with Crippen molar-refractivity contribution in [1.29, 1.82) is 0 Å². The summed E-state index contributed by atoms with van der Waals surface area (Å²) in [5.74, 6) is 0.877. The smallest absolute Gasteiger partial charge is 0.341 e. The van der Waals surface area contributed by atoms with Gasteiger partial charge in [-0.3, -0.25) is 9.69 Å². The second kappa shape index (κ2) is 13.9. The third kappa shape index (κ3) is 7.52. The lowest BCUT2D eigenvalue weighted by atomic mass is 10.1. The molecule has 4 rings (SSSR count). The molecule has 1 amide bonds. The van der Waals surface area contributed by atoms with Crippen LogP contribution in [0.3, 0.4) is 0 Å². The van der Waals surface area contributed by atoms with Crippen molar-refractivity contribution in [3.63, 3.8) is 0 Å². The molecule has 41 heavy (non-hydrogen) atoms. The number of benzene rings is 2. The number of pyridine rings is 1. The van der Waals surface area contributed by atoms with Crippen molar-refractivity contribution >= 4 is 39.6 Å². The van der Waals surface area contributed by atoms with Gasteiger partial charge in [-0.25, -0.2) is 14.8 Å². The molecule has 218 valence electrons. The Bertz CT molecular complexity index is 1500. The summed E-state index contributed by atoms with van der Waals surface area (Å²) < 4.78 is 7.61. The van der Waals surface area contributed by atoms with Crippen LogP contribution < -0.4 is 10.5 Å². The molecule has 0 aliphatic carbocycles. The fourth-order valence-corrected chi connectivity index (χ4v) is 4.92. The predicted molar refractivity (Wildman–Crippen MR) is 161 cm³/mol. The normalized spacial score (nSPS) is 11.4. The summed E-state index contributed by atoms with van der Waals surface area (Å²) in [6.07, 6.45) is 3.63. The Morgan fingerprint density at radius 1 is 1.07 bits per heavy atom. The molecule has 0 saturated heterocycles. The number of aromatic nitrogens is 3. The van der Waals surface area contributed by atoms with Crippen LogP contribution in [-0.2, 0) is 29.1 Å². The Hall–Kier alpha value is -4.18. The van der Waals surface area contributed by atoms with Gasteiger partial charge in [0, 0.05) is 31.4 Å². The zero-order valence-corrected chi connectivity index (χ0v) is 24.2. The summed E-state index contributed by atoms with van der Waals surface area (Å²) in [4.78, 5) is 37.7. The van der Waals surface area contributed by atoms with Gasteiger partial charge in [0.2, 0.25) is 5.91 Å². The maximum atomic E-state index is 13.4. The average Bonchev–Trinajstić information content (AvgIpc) is 3.33. The molecular formula is C31H40N6O4. The number of carbonyl (C=O) groups is 2. The number of unbranched alkanes of at least 4 members (excludes halogenated alkanes) is 1. The van der Waals surface area contributed by atoms with Crippen LogP contribution in [0.5, 0.6) is 5.75 Å². The van der Waals surface area contributed by atoms with E-state index in [4.69, 9.17) is 20.6 Å². The number of amides is 1. The van der Waals surface area contributed by atoms with E-state index in [9.17, 15) is 9.59 Å². The van der Waals surface area contributed by atoms with Crippen molar-refractivity contribution in [2.24, 2.45) is 0 Å². The lowest BCUT2D eigenvalue weighted by molar-refractivity contribution is -0.139. The highest BCUT2D eigenvalue weighted by Gasteiger charge is 2.19. The molecule has 0 fully saturated rings. The van der Waals surface area contributed by atoms with Gasteiger partial charge in [0.15, 0.2) is 12.4 Å². The van der Waals surface area contributed by atoms with E-state index in [1.165, 1.54) is 0 Å². The number of hydrogen-bond acceptors (Lipinski definition) is 7. The van der Waals surface area contributed by atoms with Crippen LogP contribution >= 0.6 is 0 Å². The first-order valence-electron chi connectivity index (χ1n) is 14.2. The number of para-hydroxylation sites is 1. The zero-order valence-electron chi connectivity index (χ0n) is 24.2. The molecule has 0 saturated carbocycles. The maximum absolute atomic E-state index is 13.4. The largest absolute Gasteiger partial charge is 0.482 e. The molecule has 0 aliphatic rings. The van der Waals surface area contributed by atoms with Crippen LogP contribution in [0.4, 0.5) is 5.82 Å². The van der Waals surface area contributed by atoms with E-state index in [1.807, 2.05) is 54.1 Å². The van der Waals surface area contributed by atoms with Gasteiger partial charge in [-0.15, -0.1) is 0 Å². The van der Waals surface area contributed by atoms with Crippen LogP contribution in [0.1, 0.15) is 44.5 Å². The first-order chi connectivity index (χ1) is 19.8. The summed E-state index contributed by atoms with van der Waals surface area (Å²) in [5, 5.41) is 9.97. The molecule has 10 nitrogen and oxygen atoms in total. The van der Waals surface area contributed by atoms with Crippen molar-refractivity contribution < 1.29 is 19.4 Å². The highest BCUT2D eigenvalue weighted by atomic mass is 16.5. The molecule has 2 aromatic carbocycles. The van der Waals surface area contributed by atoms with E-state index in [-0.39, 0.29) is 5.91 Å². The Labute approximate surface area is 240 Å². The van der Waals surface area contributed by atoms with Crippen molar-refractivity contribution in [2.45, 2.75) is 52.6 Å². The molecular weight excluding hydrogens is 520 g/mol. The van der Waals surface area contributed by atoms with E-state index in [2.05, 4.69) is 22.5 Å². The maximum Gasteiger partial charge on any atom is 0.341 e. The Morgan fingerprint density at radius 3 is 2.63 bits per heavy atom. The summed E-state index contributed by atoms with van der Waals surface area (Å²) in [6.45, 7) is 6.47. The molecule has 10 heteroatoms. The van der Waals surface area contributed by atoms with Gasteiger partial charge < -0.3 is 25.0 Å². The third-order valence-electron chi connectivity index (χ3n) is 7.18. The van der Waals surface area contributed by atoms with Gasteiger partial charge in [-0.05, 0) is 50.2 Å². The minimum Gasteiger partial charge on any atom is -0.482 e. The first-order valence-corrected chi connectivity index (χ1v) is 14.2. The predicted octanol–water partition coefficient (Wildman–Crippen LogP) is 4.34. The van der Waals surface area contributed by atoms with E-state index in [1.54, 1.807) is 12.1 Å². The lowest BCUT2D eigenvalue weighted by Crippen LogP contribution is -2.39. The van der Waals surface area contributed by atoms with Crippen LogP contribution in [0.25, 0.3) is 21.9 Å². The van der Waals surface area contributed by atoms with Crippen molar-refractivity contribution in [3.05, 3.63) is 59.9 Å². The number of aliphatic carboxylic acids is 1. The summed E-state index contributed by atoms with van der Waals surface area (Å²) in [7, 11) is 1.93. The number of rotatable bonds is 15. The highest BCUT2D eigenvalue weighted by molar-refractivity contribution is 6.06. The van der Waals surface area contributed by atoms with Crippen LogP contribution in [0.15, 0.2) is 48.5 Å². The number of anilines is 1. The fraction of sp³-hybridized carbons (Fsp3) is 0.419. The van der Waals surface area contributed by atoms with Crippen LogP contribution in [-0.4, -0.2) is 74.6 Å². The number of nitrogen functional groups attached to an aromatic ring is 1. The number of aryl methyl sites for hydroxylation is 2. The molecule has 0 unspecified atom stereocenters. The van der Waals surface area contributed by atoms with Crippen LogP contribution in [0.2, 0.25) is 0 Å². The van der Waals surface area contributed by atoms with E-state index < -0.39 is 12.6 Å². The minimum atomic E-state index is -1.04. The monoisotopic (exact) mass is 560 g/mol. The molecule has 2 aromatic heterocycles. The second-order valence-electron chi connectivity index (χ2n) is 10.3. The molecule has 0 radical (unpaired) electrons. The van der Waals surface area contributed by atoms with E-state index >= 15 is 0 Å². The standard InChI is InChI=1S/C31H40N6O4/c1-4-6-15-26-34-29-30(24-13-7-8-14-25(24)33-31(29)32)37(26)17-10-16-36(27(38)20-35(3)5-2)19-22-11-9-12-23(18-22)41-21-28(39)40/h7-9,11-14,18H,4-6,10,15-17,19-21H2,1-3H3,(H2,32,33)(H,39,40). The number of nitrogens with zero attached hydrogens (tertiary/aromatic N) is 5. The number of carboxylic acids is 1. The van der Waals surface area contributed by atoms with Gasteiger partial charge in [-0.2, -0.15) is 0 Å².